The number of hydrogen-bond acceptors (Lipinski definition) is 5. The highest BCUT2D eigenvalue weighted by molar-refractivity contribution is 5.72. The highest BCUT2D eigenvalue weighted by atomic mass is 16.3. The summed E-state index contributed by atoms with van der Waals surface area (Å²) in [6, 6.07) is 9.60. The number of aliphatic hydroxyl groups is 3. The number of rotatable bonds is 8. The number of amides is 1. The minimum absolute atomic E-state index is 0.186. The largest absolute Gasteiger partial charge is 0.395 e. The van der Waals surface area contributed by atoms with E-state index in [-0.39, 0.29) is 19.1 Å². The molecule has 1 heterocycles. The lowest BCUT2D eigenvalue weighted by molar-refractivity contribution is -0.119. The highest BCUT2D eigenvalue weighted by Gasteiger charge is 2.51. The van der Waals surface area contributed by atoms with Gasteiger partial charge in [0.05, 0.1) is 24.3 Å². The summed E-state index contributed by atoms with van der Waals surface area (Å²) in [6.45, 7) is 1.39. The van der Waals surface area contributed by atoms with Gasteiger partial charge in [0.1, 0.15) is 6.10 Å². The van der Waals surface area contributed by atoms with Crippen LogP contribution in [0.25, 0.3) is 0 Å². The molecule has 0 aliphatic carbocycles. The van der Waals surface area contributed by atoms with Gasteiger partial charge in [0.15, 0.2) is 0 Å². The maximum atomic E-state index is 11.3. The number of unbranched alkanes of at least 4 members (excludes halogenated alkanes) is 1. The van der Waals surface area contributed by atoms with Crippen molar-refractivity contribution in [2.24, 2.45) is 0 Å². The summed E-state index contributed by atoms with van der Waals surface area (Å²) < 4.78 is 0. The Balaban J connectivity index is 1.95. The van der Waals surface area contributed by atoms with Crippen molar-refractivity contribution in [2.45, 2.75) is 56.4 Å². The van der Waals surface area contributed by atoms with Gasteiger partial charge >= 0.3 is 0 Å². The van der Waals surface area contributed by atoms with Crippen LogP contribution in [-0.2, 0) is 11.2 Å². The molecular formula is C18H28N2O4. The van der Waals surface area contributed by atoms with E-state index in [9.17, 15) is 20.1 Å². The van der Waals surface area contributed by atoms with Crippen LogP contribution in [0.3, 0.4) is 0 Å². The van der Waals surface area contributed by atoms with Crippen LogP contribution < -0.4 is 10.6 Å². The van der Waals surface area contributed by atoms with Crippen molar-refractivity contribution >= 4 is 5.91 Å². The highest BCUT2D eigenvalue weighted by Crippen LogP contribution is 2.29. The molecule has 0 spiro atoms. The molecule has 1 aliphatic rings. The Morgan fingerprint density at radius 1 is 1.25 bits per heavy atom. The number of benzene rings is 1. The molecule has 1 aromatic carbocycles. The van der Waals surface area contributed by atoms with Crippen molar-refractivity contribution < 1.29 is 20.1 Å². The van der Waals surface area contributed by atoms with Crippen LogP contribution in [0, 0.1) is 0 Å². The van der Waals surface area contributed by atoms with Crippen LogP contribution in [0.5, 0.6) is 0 Å². The van der Waals surface area contributed by atoms with Crippen LogP contribution in [0.2, 0.25) is 0 Å². The summed E-state index contributed by atoms with van der Waals surface area (Å²) >= 11 is 0. The van der Waals surface area contributed by atoms with E-state index in [0.29, 0.717) is 6.42 Å². The van der Waals surface area contributed by atoms with Gasteiger partial charge in [0.2, 0.25) is 5.91 Å². The Morgan fingerprint density at radius 3 is 2.54 bits per heavy atom. The lowest BCUT2D eigenvalue weighted by Crippen LogP contribution is -2.57. The first-order chi connectivity index (χ1) is 11.5. The zero-order valence-corrected chi connectivity index (χ0v) is 14.1. The molecule has 1 aromatic rings. The maximum absolute atomic E-state index is 11.3. The standard InChI is InChI=1S/C18H28N2O4/c1-13(22)19-12-18(17(24)16(23)15(11-21)20-18)10-6-5-9-14-7-3-2-4-8-14/h2-4,7-8,15-17,20-21,23-24H,5-6,9-12H2,1H3,(H,19,22)/t15-,16-,17+,18-/m1/s1. The molecule has 0 bridgehead atoms. The molecular weight excluding hydrogens is 308 g/mol. The van der Waals surface area contributed by atoms with Crippen LogP contribution in [0.4, 0.5) is 0 Å². The molecule has 5 N–H and O–H groups in total. The monoisotopic (exact) mass is 336 g/mol. The predicted octanol–water partition coefficient (Wildman–Crippen LogP) is -0.0398. The summed E-state index contributed by atoms with van der Waals surface area (Å²) in [7, 11) is 0. The van der Waals surface area contributed by atoms with Crippen molar-refractivity contribution in [1.82, 2.24) is 10.6 Å². The lowest BCUT2D eigenvalue weighted by atomic mass is 9.86. The minimum Gasteiger partial charge on any atom is -0.395 e. The van der Waals surface area contributed by atoms with Crippen LogP contribution >= 0.6 is 0 Å². The van der Waals surface area contributed by atoms with Gasteiger partial charge in [-0.25, -0.2) is 0 Å². The molecule has 0 saturated carbocycles. The van der Waals surface area contributed by atoms with Gasteiger partial charge in [-0.1, -0.05) is 36.8 Å². The van der Waals surface area contributed by atoms with E-state index in [1.54, 1.807) is 0 Å². The van der Waals surface area contributed by atoms with E-state index < -0.39 is 23.8 Å². The first kappa shape index (κ1) is 18.9. The van der Waals surface area contributed by atoms with E-state index in [4.69, 9.17) is 0 Å². The summed E-state index contributed by atoms with van der Waals surface area (Å²) in [4.78, 5) is 11.3. The Kier molecular flexibility index (Phi) is 6.74. The first-order valence-electron chi connectivity index (χ1n) is 8.51. The SMILES string of the molecule is CC(=O)NC[C@@]1(CCCCc2ccccc2)N[C@H](CO)[C@@H](O)[C@@H]1O. The molecule has 4 atom stereocenters. The van der Waals surface area contributed by atoms with Crippen LogP contribution in [-0.4, -0.2) is 58.2 Å². The fourth-order valence-electron chi connectivity index (χ4n) is 3.40. The second-order valence-corrected chi connectivity index (χ2v) is 6.63. The normalized spacial score (nSPS) is 29.6. The van der Waals surface area contributed by atoms with E-state index >= 15 is 0 Å². The fraction of sp³-hybridized carbons (Fsp3) is 0.611. The molecule has 1 amide bonds. The molecule has 134 valence electrons. The van der Waals surface area contributed by atoms with Crippen molar-refractivity contribution in [1.29, 1.82) is 0 Å². The van der Waals surface area contributed by atoms with E-state index in [2.05, 4.69) is 22.8 Å². The maximum Gasteiger partial charge on any atom is 0.216 e. The molecule has 0 radical (unpaired) electrons. The Bertz CT molecular complexity index is 525. The van der Waals surface area contributed by atoms with Gasteiger partial charge < -0.3 is 20.6 Å². The Morgan fingerprint density at radius 2 is 1.96 bits per heavy atom. The molecule has 6 nitrogen and oxygen atoms in total. The molecule has 1 fully saturated rings. The second-order valence-electron chi connectivity index (χ2n) is 6.63. The molecule has 6 heteroatoms. The number of carbonyl (C=O) groups excluding carboxylic acids is 1. The molecule has 24 heavy (non-hydrogen) atoms. The van der Waals surface area contributed by atoms with Gasteiger partial charge in [-0.2, -0.15) is 0 Å². The molecule has 0 unspecified atom stereocenters. The number of aliphatic hydroxyl groups excluding tert-OH is 3. The number of carbonyl (C=O) groups is 1. The summed E-state index contributed by atoms with van der Waals surface area (Å²) in [5.41, 5.74) is 0.455. The minimum atomic E-state index is -1.04. The topological polar surface area (TPSA) is 102 Å². The van der Waals surface area contributed by atoms with Gasteiger partial charge in [-0.3, -0.25) is 10.1 Å². The third kappa shape index (κ3) is 4.54. The van der Waals surface area contributed by atoms with E-state index in [0.717, 1.165) is 19.3 Å². The van der Waals surface area contributed by atoms with E-state index in [1.807, 2.05) is 18.2 Å². The van der Waals surface area contributed by atoms with Gasteiger partial charge in [-0.15, -0.1) is 0 Å². The van der Waals surface area contributed by atoms with Gasteiger partial charge in [-0.05, 0) is 24.8 Å². The zero-order valence-electron chi connectivity index (χ0n) is 14.1. The molecule has 1 aliphatic heterocycles. The summed E-state index contributed by atoms with van der Waals surface area (Å²) in [5, 5.41) is 35.8. The summed E-state index contributed by atoms with van der Waals surface area (Å²) in [5.74, 6) is -0.186. The van der Waals surface area contributed by atoms with E-state index in [1.165, 1.54) is 12.5 Å². The third-order valence-electron chi connectivity index (χ3n) is 4.81. The fourth-order valence-corrected chi connectivity index (χ4v) is 3.40. The average molecular weight is 336 g/mol. The van der Waals surface area contributed by atoms with Crippen molar-refractivity contribution in [2.75, 3.05) is 13.2 Å². The van der Waals surface area contributed by atoms with Gasteiger partial charge in [0, 0.05) is 13.5 Å². The third-order valence-corrected chi connectivity index (χ3v) is 4.81. The number of nitrogens with one attached hydrogen (secondary N) is 2. The lowest BCUT2D eigenvalue weighted by Gasteiger charge is -2.34. The molecule has 1 saturated heterocycles. The molecule has 2 rings (SSSR count). The van der Waals surface area contributed by atoms with Crippen LogP contribution in [0.15, 0.2) is 30.3 Å². The van der Waals surface area contributed by atoms with Crippen LogP contribution in [0.1, 0.15) is 31.7 Å². The number of aryl methyl sites for hydroxylation is 1. The predicted molar refractivity (Wildman–Crippen MR) is 91.4 cm³/mol. The zero-order chi connectivity index (χ0) is 17.6. The first-order valence-corrected chi connectivity index (χ1v) is 8.51. The molecule has 0 aromatic heterocycles. The number of hydrogen-bond donors (Lipinski definition) is 5. The Hall–Kier alpha value is -1.47. The average Bonchev–Trinajstić information content (AvgIpc) is 2.83. The van der Waals surface area contributed by atoms with Gasteiger partial charge in [0.25, 0.3) is 0 Å². The quantitative estimate of drug-likeness (QED) is 0.429. The van der Waals surface area contributed by atoms with Crippen molar-refractivity contribution in [3.8, 4) is 0 Å². The van der Waals surface area contributed by atoms with Crippen molar-refractivity contribution in [3.05, 3.63) is 35.9 Å². The Labute approximate surface area is 142 Å². The van der Waals surface area contributed by atoms with Crippen molar-refractivity contribution in [3.63, 3.8) is 0 Å². The second kappa shape index (κ2) is 8.58. The summed E-state index contributed by atoms with van der Waals surface area (Å²) in [6.07, 6.45) is 1.26. The smallest absolute Gasteiger partial charge is 0.216 e.